The number of carbonyl (C=O) groups excluding carboxylic acids is 2. The smallest absolute Gasteiger partial charge is 0.335 e. The number of hydrogen-bond donors (Lipinski definition) is 1. The summed E-state index contributed by atoms with van der Waals surface area (Å²) in [4.78, 5) is 34.2. The van der Waals surface area contributed by atoms with E-state index >= 15 is 0 Å². The number of hydrogen-bond acceptors (Lipinski definition) is 5. The summed E-state index contributed by atoms with van der Waals surface area (Å²) in [5.74, 6) is -1.45. The molecule has 0 amide bonds. The molecule has 0 unspecified atom stereocenters. The number of carbonyl (C=O) groups is 3. The summed E-state index contributed by atoms with van der Waals surface area (Å²) >= 11 is 0. The molecule has 3 aromatic carbocycles. The summed E-state index contributed by atoms with van der Waals surface area (Å²) in [7, 11) is 0. The number of carboxylic acid groups (broad SMARTS) is 1. The molecule has 30 heavy (non-hydrogen) atoms. The molecule has 0 radical (unpaired) electrons. The van der Waals surface area contributed by atoms with Gasteiger partial charge in [-0.1, -0.05) is 42.5 Å². The van der Waals surface area contributed by atoms with Gasteiger partial charge in [-0.05, 0) is 47.0 Å². The van der Waals surface area contributed by atoms with Crippen LogP contribution in [0.15, 0.2) is 72.8 Å². The molecule has 0 spiro atoms. The van der Waals surface area contributed by atoms with Crippen molar-refractivity contribution < 1.29 is 29.0 Å². The predicted molar refractivity (Wildman–Crippen MR) is 110 cm³/mol. The normalized spacial score (nSPS) is 10.5. The fourth-order valence-electron chi connectivity index (χ4n) is 3.28. The molecule has 0 saturated heterocycles. The van der Waals surface area contributed by atoms with Crippen molar-refractivity contribution in [3.63, 3.8) is 0 Å². The monoisotopic (exact) mass is 404 g/mol. The molecule has 3 rings (SSSR count). The van der Waals surface area contributed by atoms with Crippen molar-refractivity contribution in [1.29, 1.82) is 0 Å². The second kappa shape index (κ2) is 9.05. The van der Waals surface area contributed by atoms with Crippen LogP contribution in [-0.2, 0) is 9.59 Å². The minimum atomic E-state index is -1.02. The maximum Gasteiger partial charge on any atom is 0.335 e. The molecule has 152 valence electrons. The van der Waals surface area contributed by atoms with Crippen LogP contribution in [0.2, 0.25) is 0 Å². The van der Waals surface area contributed by atoms with E-state index in [1.165, 1.54) is 13.8 Å². The van der Waals surface area contributed by atoms with Gasteiger partial charge in [0.2, 0.25) is 0 Å². The highest BCUT2D eigenvalue weighted by Gasteiger charge is 2.22. The molecule has 0 aliphatic heterocycles. The first-order valence-corrected chi connectivity index (χ1v) is 9.24. The van der Waals surface area contributed by atoms with Gasteiger partial charge in [0.1, 0.15) is 11.5 Å². The van der Waals surface area contributed by atoms with Gasteiger partial charge in [0, 0.05) is 19.8 Å². The minimum absolute atomic E-state index is 0.190. The highest BCUT2D eigenvalue weighted by molar-refractivity contribution is 5.90. The summed E-state index contributed by atoms with van der Waals surface area (Å²) in [6.07, 6.45) is 0. The Balaban J connectivity index is 2.09. The Morgan fingerprint density at radius 2 is 1.13 bits per heavy atom. The Bertz CT molecular complexity index is 1010. The summed E-state index contributed by atoms with van der Waals surface area (Å²) in [5.41, 5.74) is 2.45. The molecule has 0 saturated carbocycles. The van der Waals surface area contributed by atoms with Gasteiger partial charge in [-0.2, -0.15) is 0 Å². The van der Waals surface area contributed by atoms with Crippen LogP contribution < -0.4 is 9.47 Å². The first kappa shape index (κ1) is 20.8. The number of benzene rings is 3. The SMILES string of the molecule is CC(=O)Oc1ccc(C(c2ccc(OC(C)=O)cc2)c2ccccc2C(=O)O)cc1. The molecule has 3 aromatic rings. The third-order valence-electron chi connectivity index (χ3n) is 4.45. The van der Waals surface area contributed by atoms with Gasteiger partial charge in [0.05, 0.1) is 5.56 Å². The largest absolute Gasteiger partial charge is 0.478 e. The van der Waals surface area contributed by atoms with E-state index in [9.17, 15) is 19.5 Å². The van der Waals surface area contributed by atoms with Crippen LogP contribution in [0.4, 0.5) is 0 Å². The average Bonchev–Trinajstić information content (AvgIpc) is 2.70. The number of esters is 2. The first-order valence-electron chi connectivity index (χ1n) is 9.24. The van der Waals surface area contributed by atoms with E-state index in [-0.39, 0.29) is 5.56 Å². The molecule has 1 N–H and O–H groups in total. The van der Waals surface area contributed by atoms with Crippen LogP contribution in [0.5, 0.6) is 11.5 Å². The zero-order chi connectivity index (χ0) is 21.7. The van der Waals surface area contributed by atoms with E-state index < -0.39 is 23.8 Å². The predicted octanol–water partition coefficient (Wildman–Crippen LogP) is 4.42. The van der Waals surface area contributed by atoms with E-state index in [4.69, 9.17) is 9.47 Å². The number of aromatic carboxylic acids is 1. The lowest BCUT2D eigenvalue weighted by atomic mass is 9.83. The van der Waals surface area contributed by atoms with E-state index in [1.807, 2.05) is 0 Å². The molecule has 0 fully saturated rings. The molecule has 0 heterocycles. The van der Waals surface area contributed by atoms with Gasteiger partial charge in [0.25, 0.3) is 0 Å². The third-order valence-corrected chi connectivity index (χ3v) is 4.45. The Hall–Kier alpha value is -3.93. The van der Waals surface area contributed by atoms with Crippen molar-refractivity contribution in [3.05, 3.63) is 95.1 Å². The fourth-order valence-corrected chi connectivity index (χ4v) is 3.28. The second-order valence-corrected chi connectivity index (χ2v) is 6.65. The molecule has 0 bridgehead atoms. The standard InChI is InChI=1S/C24H20O6/c1-15(25)29-19-11-7-17(8-12-19)23(21-5-3-4-6-22(21)24(27)28)18-9-13-20(14-10-18)30-16(2)26/h3-14,23H,1-2H3,(H,27,28). The van der Waals surface area contributed by atoms with Crippen molar-refractivity contribution in [2.75, 3.05) is 0 Å². The number of rotatable bonds is 6. The van der Waals surface area contributed by atoms with Gasteiger partial charge in [-0.15, -0.1) is 0 Å². The lowest BCUT2D eigenvalue weighted by Gasteiger charge is -2.21. The molecule has 0 atom stereocenters. The van der Waals surface area contributed by atoms with E-state index in [0.717, 1.165) is 11.1 Å². The molecular formula is C24H20O6. The molecule has 6 nitrogen and oxygen atoms in total. The number of ether oxygens (including phenoxy) is 2. The molecule has 6 heteroatoms. The second-order valence-electron chi connectivity index (χ2n) is 6.65. The quantitative estimate of drug-likeness (QED) is 0.372. The Morgan fingerprint density at radius 3 is 1.53 bits per heavy atom. The van der Waals surface area contributed by atoms with Crippen LogP contribution in [0.1, 0.15) is 46.8 Å². The molecule has 0 aromatic heterocycles. The zero-order valence-corrected chi connectivity index (χ0v) is 16.5. The maximum atomic E-state index is 11.8. The average molecular weight is 404 g/mol. The molecule has 0 aliphatic carbocycles. The van der Waals surface area contributed by atoms with Crippen LogP contribution >= 0.6 is 0 Å². The summed E-state index contributed by atoms with van der Waals surface area (Å²) in [6.45, 7) is 2.65. The maximum absolute atomic E-state index is 11.8. The van der Waals surface area contributed by atoms with Gasteiger partial charge in [-0.25, -0.2) is 4.79 Å². The van der Waals surface area contributed by atoms with E-state index in [2.05, 4.69) is 0 Å². The zero-order valence-electron chi connectivity index (χ0n) is 16.5. The Labute approximate surface area is 173 Å². The van der Waals surface area contributed by atoms with Gasteiger partial charge in [-0.3, -0.25) is 9.59 Å². The van der Waals surface area contributed by atoms with Gasteiger partial charge in [0.15, 0.2) is 0 Å². The Kier molecular flexibility index (Phi) is 6.27. The van der Waals surface area contributed by atoms with Crippen molar-refractivity contribution >= 4 is 17.9 Å². The third kappa shape index (κ3) is 4.91. The Morgan fingerprint density at radius 1 is 0.700 bits per heavy atom. The van der Waals surface area contributed by atoms with Crippen LogP contribution in [-0.4, -0.2) is 23.0 Å². The van der Waals surface area contributed by atoms with Crippen molar-refractivity contribution in [2.45, 2.75) is 19.8 Å². The number of carboxylic acids is 1. The van der Waals surface area contributed by atoms with Crippen LogP contribution in [0.25, 0.3) is 0 Å². The lowest BCUT2D eigenvalue weighted by molar-refractivity contribution is -0.132. The van der Waals surface area contributed by atoms with Crippen molar-refractivity contribution in [2.24, 2.45) is 0 Å². The van der Waals surface area contributed by atoms with Crippen molar-refractivity contribution in [1.82, 2.24) is 0 Å². The topological polar surface area (TPSA) is 89.9 Å². The highest BCUT2D eigenvalue weighted by atomic mass is 16.5. The summed E-state index contributed by atoms with van der Waals surface area (Å²) in [6, 6.07) is 20.6. The van der Waals surface area contributed by atoms with Crippen LogP contribution in [0.3, 0.4) is 0 Å². The van der Waals surface area contributed by atoms with Crippen molar-refractivity contribution in [3.8, 4) is 11.5 Å². The van der Waals surface area contributed by atoms with Crippen LogP contribution in [0, 0.1) is 0 Å². The van der Waals surface area contributed by atoms with E-state index in [1.54, 1.807) is 72.8 Å². The fraction of sp³-hybridized carbons (Fsp3) is 0.125. The lowest BCUT2D eigenvalue weighted by Crippen LogP contribution is -2.10. The van der Waals surface area contributed by atoms with Gasteiger partial charge >= 0.3 is 17.9 Å². The molecule has 0 aliphatic rings. The summed E-state index contributed by atoms with van der Waals surface area (Å²) in [5, 5.41) is 9.68. The highest BCUT2D eigenvalue weighted by Crippen LogP contribution is 2.35. The minimum Gasteiger partial charge on any atom is -0.478 e. The molecular weight excluding hydrogens is 384 g/mol. The first-order chi connectivity index (χ1) is 14.3. The van der Waals surface area contributed by atoms with Gasteiger partial charge < -0.3 is 14.6 Å². The van der Waals surface area contributed by atoms with E-state index in [0.29, 0.717) is 17.1 Å². The summed E-state index contributed by atoms with van der Waals surface area (Å²) < 4.78 is 10.2.